The molecule has 0 atom stereocenters. The van der Waals surface area contributed by atoms with Crippen molar-refractivity contribution in [1.29, 1.82) is 0 Å². The average Bonchev–Trinajstić information content (AvgIpc) is 2.87. The molecule has 124 valence electrons. The lowest BCUT2D eigenvalue weighted by molar-refractivity contribution is 0.561. The maximum atomic E-state index is 12.8. The third-order valence-electron chi connectivity index (χ3n) is 4.14. The number of aryl methyl sites for hydroxylation is 1. The fourth-order valence-electron chi connectivity index (χ4n) is 2.74. The van der Waals surface area contributed by atoms with Gasteiger partial charge in [-0.05, 0) is 6.42 Å². The lowest BCUT2D eigenvalue weighted by Crippen LogP contribution is -2.40. The van der Waals surface area contributed by atoms with Gasteiger partial charge in [-0.2, -0.15) is 10.1 Å². The molecular weight excluding hydrogens is 296 g/mol. The van der Waals surface area contributed by atoms with Crippen molar-refractivity contribution in [1.82, 2.24) is 18.7 Å². The summed E-state index contributed by atoms with van der Waals surface area (Å²) in [5.41, 5.74) is 3.93. The van der Waals surface area contributed by atoms with Crippen molar-refractivity contribution in [3.8, 4) is 0 Å². The van der Waals surface area contributed by atoms with E-state index in [0.717, 1.165) is 5.71 Å². The van der Waals surface area contributed by atoms with Gasteiger partial charge in [0, 0.05) is 19.0 Å². The molecule has 1 aliphatic rings. The third-order valence-corrected chi connectivity index (χ3v) is 4.14. The van der Waals surface area contributed by atoms with Gasteiger partial charge < -0.3 is 0 Å². The van der Waals surface area contributed by atoms with E-state index in [-0.39, 0.29) is 16.7 Å². The number of hydrazone groups is 1. The molecule has 0 radical (unpaired) electrons. The quantitative estimate of drug-likeness (QED) is 0.899. The van der Waals surface area contributed by atoms with Crippen LogP contribution in [0.1, 0.15) is 34.1 Å². The van der Waals surface area contributed by atoms with Gasteiger partial charge in [-0.15, -0.1) is 0 Å². The second-order valence-electron chi connectivity index (χ2n) is 6.91. The number of hydrogen-bond acceptors (Lipinski definition) is 5. The summed E-state index contributed by atoms with van der Waals surface area (Å²) in [7, 11) is 1.64. The Kier molecular flexibility index (Phi) is 3.42. The standard InChI is InChI=1S/C15H22N6O2/c1-6-7-20-12(22)10-11(19(5)14(20)23)16-13-18-17-9(8-21(10)13)15(2,3)4/h6-8H2,1-5H3,(H,16,18). The Bertz CT molecular complexity index is 923. The number of imidazole rings is 1. The molecule has 2 aromatic rings. The van der Waals surface area contributed by atoms with Gasteiger partial charge in [0.25, 0.3) is 5.56 Å². The Balaban J connectivity index is 2.29. The lowest BCUT2D eigenvalue weighted by atomic mass is 9.90. The highest BCUT2D eigenvalue weighted by Gasteiger charge is 2.28. The minimum Gasteiger partial charge on any atom is -0.297 e. The van der Waals surface area contributed by atoms with Gasteiger partial charge in [-0.25, -0.2) is 10.2 Å². The Morgan fingerprint density at radius 3 is 2.57 bits per heavy atom. The molecule has 0 saturated carbocycles. The van der Waals surface area contributed by atoms with E-state index in [4.69, 9.17) is 0 Å². The lowest BCUT2D eigenvalue weighted by Gasteiger charge is -2.25. The second-order valence-corrected chi connectivity index (χ2v) is 6.91. The summed E-state index contributed by atoms with van der Waals surface area (Å²) in [5, 5.41) is 4.36. The normalized spacial score (nSPS) is 14.6. The van der Waals surface area contributed by atoms with Crippen molar-refractivity contribution in [2.24, 2.45) is 17.6 Å². The Morgan fingerprint density at radius 1 is 1.26 bits per heavy atom. The number of hydrogen-bond donors (Lipinski definition) is 1. The fourth-order valence-corrected chi connectivity index (χ4v) is 2.74. The van der Waals surface area contributed by atoms with Gasteiger partial charge in [0.05, 0.1) is 12.3 Å². The van der Waals surface area contributed by atoms with Crippen LogP contribution in [0.3, 0.4) is 0 Å². The molecule has 0 amide bonds. The van der Waals surface area contributed by atoms with E-state index in [1.807, 2.05) is 11.5 Å². The predicted octanol–water partition coefficient (Wildman–Crippen LogP) is 1.13. The van der Waals surface area contributed by atoms with Crippen molar-refractivity contribution in [3.63, 3.8) is 0 Å². The fraction of sp³-hybridized carbons (Fsp3) is 0.600. The summed E-state index contributed by atoms with van der Waals surface area (Å²) in [6, 6.07) is 0. The number of aromatic nitrogens is 4. The molecule has 0 unspecified atom stereocenters. The zero-order chi connectivity index (χ0) is 16.9. The number of rotatable bonds is 2. The summed E-state index contributed by atoms with van der Waals surface area (Å²) >= 11 is 0. The number of nitrogens with zero attached hydrogens (tertiary/aromatic N) is 5. The number of anilines is 1. The van der Waals surface area contributed by atoms with E-state index in [1.54, 1.807) is 7.05 Å². The highest BCUT2D eigenvalue weighted by Crippen LogP contribution is 2.25. The maximum absolute atomic E-state index is 12.8. The first-order valence-electron chi connectivity index (χ1n) is 7.78. The van der Waals surface area contributed by atoms with Gasteiger partial charge in [0.1, 0.15) is 0 Å². The van der Waals surface area contributed by atoms with Crippen molar-refractivity contribution in [2.45, 2.75) is 47.2 Å². The molecule has 3 heterocycles. The van der Waals surface area contributed by atoms with Crippen LogP contribution in [-0.4, -0.2) is 24.4 Å². The van der Waals surface area contributed by atoms with E-state index in [1.165, 1.54) is 9.13 Å². The minimum atomic E-state index is -0.336. The summed E-state index contributed by atoms with van der Waals surface area (Å²) in [5.74, 6) is 0.495. The first kappa shape index (κ1) is 15.5. The Morgan fingerprint density at radius 2 is 1.96 bits per heavy atom. The smallest absolute Gasteiger partial charge is 0.297 e. The zero-order valence-corrected chi connectivity index (χ0v) is 14.2. The summed E-state index contributed by atoms with van der Waals surface area (Å²) in [6.45, 7) is 9.04. The summed E-state index contributed by atoms with van der Waals surface area (Å²) < 4.78 is 4.52. The maximum Gasteiger partial charge on any atom is 0.332 e. The monoisotopic (exact) mass is 318 g/mol. The minimum absolute atomic E-state index is 0.121. The van der Waals surface area contributed by atoms with Crippen molar-refractivity contribution in [3.05, 3.63) is 20.8 Å². The molecule has 1 N–H and O–H groups in total. The van der Waals surface area contributed by atoms with E-state index < -0.39 is 0 Å². The topological polar surface area (TPSA) is 86.2 Å². The van der Waals surface area contributed by atoms with Gasteiger partial charge >= 0.3 is 5.69 Å². The number of nitrogens with one attached hydrogen (secondary N) is 1. The highest BCUT2D eigenvalue weighted by atomic mass is 16.2. The third kappa shape index (κ3) is 2.29. The molecule has 0 aliphatic carbocycles. The van der Waals surface area contributed by atoms with Crippen LogP contribution in [0.15, 0.2) is 14.7 Å². The second kappa shape index (κ2) is 5.07. The first-order chi connectivity index (χ1) is 10.8. The molecular formula is C15H22N6O2. The zero-order valence-electron chi connectivity index (χ0n) is 14.2. The van der Waals surface area contributed by atoms with Crippen LogP contribution in [-0.2, 0) is 20.1 Å². The predicted molar refractivity (Wildman–Crippen MR) is 90.0 cm³/mol. The van der Waals surface area contributed by atoms with Crippen molar-refractivity contribution < 1.29 is 0 Å². The van der Waals surface area contributed by atoms with Crippen molar-refractivity contribution in [2.75, 3.05) is 5.43 Å². The highest BCUT2D eigenvalue weighted by molar-refractivity contribution is 5.92. The molecule has 0 fully saturated rings. The van der Waals surface area contributed by atoms with E-state index in [2.05, 4.69) is 36.3 Å². The molecule has 0 saturated heterocycles. The van der Waals surface area contributed by atoms with Crippen LogP contribution < -0.4 is 16.7 Å². The van der Waals surface area contributed by atoms with E-state index >= 15 is 0 Å². The van der Waals surface area contributed by atoms with Crippen LogP contribution in [0.25, 0.3) is 11.2 Å². The van der Waals surface area contributed by atoms with Crippen LogP contribution in [0, 0.1) is 5.41 Å². The molecule has 23 heavy (non-hydrogen) atoms. The molecule has 0 spiro atoms. The van der Waals surface area contributed by atoms with Crippen LogP contribution in [0.2, 0.25) is 0 Å². The average molecular weight is 318 g/mol. The largest absolute Gasteiger partial charge is 0.332 e. The molecule has 8 heteroatoms. The molecule has 3 rings (SSSR count). The van der Waals surface area contributed by atoms with E-state index in [9.17, 15) is 9.59 Å². The SMILES string of the molecule is CCCn1c(=O)c2c(nc3n2CC(C(C)(C)C)=NN3)n(C)c1=O. The summed E-state index contributed by atoms with van der Waals surface area (Å²) in [4.78, 5) is 29.5. The van der Waals surface area contributed by atoms with Crippen molar-refractivity contribution >= 4 is 22.8 Å². The van der Waals surface area contributed by atoms with Gasteiger partial charge in [-0.3, -0.25) is 18.5 Å². The molecule has 0 bridgehead atoms. The van der Waals surface area contributed by atoms with Gasteiger partial charge in [-0.1, -0.05) is 27.7 Å². The molecule has 1 aliphatic heterocycles. The van der Waals surface area contributed by atoms with Gasteiger partial charge in [0.2, 0.25) is 5.95 Å². The van der Waals surface area contributed by atoms with Crippen LogP contribution >= 0.6 is 0 Å². The molecule has 8 nitrogen and oxygen atoms in total. The number of fused-ring (bicyclic) bond motifs is 3. The Hall–Kier alpha value is -2.38. The first-order valence-corrected chi connectivity index (χ1v) is 7.78. The van der Waals surface area contributed by atoms with Gasteiger partial charge in [0.15, 0.2) is 11.2 Å². The van der Waals surface area contributed by atoms with Crippen LogP contribution in [0.4, 0.5) is 5.95 Å². The Labute approximate surface area is 133 Å². The summed E-state index contributed by atoms with van der Waals surface area (Å²) in [6.07, 6.45) is 0.717. The van der Waals surface area contributed by atoms with Crippen LogP contribution in [0.5, 0.6) is 0 Å². The molecule has 0 aromatic carbocycles. The molecule has 2 aromatic heterocycles. The van der Waals surface area contributed by atoms with E-state index in [0.29, 0.717) is 36.6 Å².